The van der Waals surface area contributed by atoms with Crippen LogP contribution in [-0.2, 0) is 6.16 Å². The summed E-state index contributed by atoms with van der Waals surface area (Å²) in [5, 5.41) is 0. The fourth-order valence-electron chi connectivity index (χ4n) is 3.71. The van der Waals surface area contributed by atoms with Crippen molar-refractivity contribution in [1.82, 2.24) is 0 Å². The van der Waals surface area contributed by atoms with Gasteiger partial charge in [-0.15, -0.1) is 0 Å². The van der Waals surface area contributed by atoms with Crippen LogP contribution in [0.15, 0.2) is 30.3 Å². The molecule has 0 heterocycles. The molecule has 0 bridgehead atoms. The molecule has 0 amide bonds. The Morgan fingerprint density at radius 1 is 0.600 bits per heavy atom. The molecule has 0 nitrogen and oxygen atoms in total. The first kappa shape index (κ1) is 22.7. The Kier molecular flexibility index (Phi) is 13.4. The second-order valence-electron chi connectivity index (χ2n) is 8.55. The lowest BCUT2D eigenvalue weighted by atomic mass is 10.1. The van der Waals surface area contributed by atoms with E-state index in [0.29, 0.717) is 0 Å². The van der Waals surface area contributed by atoms with E-state index in [9.17, 15) is 0 Å². The van der Waals surface area contributed by atoms with Crippen LogP contribution in [0.5, 0.6) is 0 Å². The van der Waals surface area contributed by atoms with E-state index in [0.717, 1.165) is 0 Å². The molecule has 0 aliphatic heterocycles. The molecule has 0 fully saturated rings. The van der Waals surface area contributed by atoms with Gasteiger partial charge >= 0.3 is 0 Å². The van der Waals surface area contributed by atoms with Crippen LogP contribution in [0.2, 0.25) is 0 Å². The molecule has 0 N–H and O–H groups in total. The van der Waals surface area contributed by atoms with Crippen molar-refractivity contribution < 1.29 is 0 Å². The number of unbranched alkanes of at least 4 members (excludes halogenated alkanes) is 12. The summed E-state index contributed by atoms with van der Waals surface area (Å²) in [6.45, 7) is 7.38. The van der Waals surface area contributed by atoms with Gasteiger partial charge in [0, 0.05) is 20.6 Å². The van der Waals surface area contributed by atoms with Gasteiger partial charge in [-0.1, -0.05) is 108 Å². The van der Waals surface area contributed by atoms with Crippen molar-refractivity contribution in [3.8, 4) is 0 Å². The molecule has 0 spiro atoms. The molecule has 25 heavy (non-hydrogen) atoms. The molecule has 0 aromatic heterocycles. The number of rotatable bonds is 16. The minimum atomic E-state index is -0.747. The first-order valence-electron chi connectivity index (χ1n) is 11.0. The smallest absolute Gasteiger partial charge is 0.0654 e. The van der Waals surface area contributed by atoms with Crippen molar-refractivity contribution in [1.29, 1.82) is 0 Å². The van der Waals surface area contributed by atoms with Crippen LogP contribution in [-0.4, -0.2) is 19.5 Å². The van der Waals surface area contributed by atoms with Crippen LogP contribution >= 0.6 is 7.26 Å². The van der Waals surface area contributed by atoms with Gasteiger partial charge in [0.05, 0.1) is 12.3 Å². The Hall–Kier alpha value is -0.350. The van der Waals surface area contributed by atoms with Crippen LogP contribution in [0, 0.1) is 0 Å². The predicted octanol–water partition coefficient (Wildman–Crippen LogP) is 8.56. The van der Waals surface area contributed by atoms with Crippen molar-refractivity contribution in [2.24, 2.45) is 0 Å². The van der Waals surface area contributed by atoms with Gasteiger partial charge in [-0.3, -0.25) is 0 Å². The summed E-state index contributed by atoms with van der Waals surface area (Å²) in [5.41, 5.74) is 1.54. The summed E-state index contributed by atoms with van der Waals surface area (Å²) < 4.78 is 0. The first-order chi connectivity index (χ1) is 12.1. The Balaban J connectivity index is 1.89. The molecule has 1 rings (SSSR count). The Bertz CT molecular complexity index is 396. The zero-order chi connectivity index (χ0) is 18.2. The van der Waals surface area contributed by atoms with Crippen LogP contribution < -0.4 is 0 Å². The van der Waals surface area contributed by atoms with Gasteiger partial charge in [-0.25, -0.2) is 0 Å². The molecule has 1 heteroatoms. The molecule has 144 valence electrons. The lowest BCUT2D eigenvalue weighted by molar-refractivity contribution is 0.543. The zero-order valence-electron chi connectivity index (χ0n) is 17.4. The number of hydrogen-bond donors (Lipinski definition) is 0. The number of hydrogen-bond acceptors (Lipinski definition) is 0. The summed E-state index contributed by atoms with van der Waals surface area (Å²) in [5.74, 6) is 0. The molecule has 0 aliphatic carbocycles. The highest BCUT2D eigenvalue weighted by molar-refractivity contribution is 7.73. The highest BCUT2D eigenvalue weighted by Gasteiger charge is 2.24. The fraction of sp³-hybridized carbons (Fsp3) is 0.750. The summed E-state index contributed by atoms with van der Waals surface area (Å²) in [4.78, 5) is 0. The Morgan fingerprint density at radius 2 is 1.04 bits per heavy atom. The third kappa shape index (κ3) is 13.5. The van der Waals surface area contributed by atoms with Gasteiger partial charge in [0.2, 0.25) is 0 Å². The van der Waals surface area contributed by atoms with Gasteiger partial charge in [0.1, 0.15) is 0 Å². The topological polar surface area (TPSA) is 0 Å². The SMILES string of the molecule is CCCCCCCCCCCCCCC[P+](C)(C)Cc1ccccc1. The summed E-state index contributed by atoms with van der Waals surface area (Å²) in [6, 6.07) is 11.1. The normalized spacial score (nSPS) is 11.8. The summed E-state index contributed by atoms with van der Waals surface area (Å²) >= 11 is 0. The van der Waals surface area contributed by atoms with E-state index >= 15 is 0 Å². The maximum Gasteiger partial charge on any atom is 0.0837 e. The molecule has 0 atom stereocenters. The van der Waals surface area contributed by atoms with E-state index in [1.807, 2.05) is 0 Å². The second-order valence-corrected chi connectivity index (χ2v) is 13.2. The van der Waals surface area contributed by atoms with Gasteiger partial charge < -0.3 is 0 Å². The monoisotopic (exact) mass is 363 g/mol. The largest absolute Gasteiger partial charge is 0.0837 e. The molecule has 0 unspecified atom stereocenters. The van der Waals surface area contributed by atoms with Gasteiger partial charge in [0.25, 0.3) is 0 Å². The van der Waals surface area contributed by atoms with Crippen molar-refractivity contribution in [3.63, 3.8) is 0 Å². The first-order valence-corrected chi connectivity index (χ1v) is 14.1. The quantitative estimate of drug-likeness (QED) is 0.204. The minimum absolute atomic E-state index is 0.747. The van der Waals surface area contributed by atoms with Crippen LogP contribution in [0.1, 0.15) is 96.0 Å². The highest BCUT2D eigenvalue weighted by Crippen LogP contribution is 2.54. The molecule has 0 saturated carbocycles. The maximum absolute atomic E-state index is 2.54. The average Bonchev–Trinajstić information content (AvgIpc) is 2.59. The lowest BCUT2D eigenvalue weighted by Crippen LogP contribution is -1.99. The molecule has 0 radical (unpaired) electrons. The van der Waals surface area contributed by atoms with Crippen LogP contribution in [0.3, 0.4) is 0 Å². The lowest BCUT2D eigenvalue weighted by Gasteiger charge is -2.18. The van der Waals surface area contributed by atoms with Gasteiger partial charge in [-0.2, -0.15) is 0 Å². The van der Waals surface area contributed by atoms with E-state index in [2.05, 4.69) is 50.6 Å². The van der Waals surface area contributed by atoms with Crippen molar-refractivity contribution >= 4 is 7.26 Å². The van der Waals surface area contributed by atoms with E-state index in [1.54, 1.807) is 0 Å². The van der Waals surface area contributed by atoms with Crippen LogP contribution in [0.25, 0.3) is 0 Å². The van der Waals surface area contributed by atoms with Gasteiger partial charge in [-0.05, 0) is 18.4 Å². The minimum Gasteiger partial charge on any atom is -0.0654 e. The molecular formula is C24H44P+. The fourth-order valence-corrected chi connectivity index (χ4v) is 6.15. The molecule has 1 aromatic carbocycles. The zero-order valence-corrected chi connectivity index (χ0v) is 18.3. The predicted molar refractivity (Wildman–Crippen MR) is 119 cm³/mol. The summed E-state index contributed by atoms with van der Waals surface area (Å²) in [7, 11) is -0.747. The average molecular weight is 364 g/mol. The van der Waals surface area contributed by atoms with E-state index in [4.69, 9.17) is 0 Å². The summed E-state index contributed by atoms with van der Waals surface area (Å²) in [6.07, 6.45) is 21.7. The molecule has 1 aromatic rings. The van der Waals surface area contributed by atoms with E-state index < -0.39 is 7.26 Å². The molecule has 0 aliphatic rings. The second kappa shape index (κ2) is 14.8. The van der Waals surface area contributed by atoms with Crippen molar-refractivity contribution in [3.05, 3.63) is 35.9 Å². The molecular weight excluding hydrogens is 319 g/mol. The molecule has 0 saturated heterocycles. The van der Waals surface area contributed by atoms with E-state index in [-0.39, 0.29) is 0 Å². The van der Waals surface area contributed by atoms with Crippen molar-refractivity contribution in [2.75, 3.05) is 19.5 Å². The highest BCUT2D eigenvalue weighted by atomic mass is 31.2. The van der Waals surface area contributed by atoms with Crippen molar-refractivity contribution in [2.45, 2.75) is 96.6 Å². The van der Waals surface area contributed by atoms with Crippen LogP contribution in [0.4, 0.5) is 0 Å². The Labute approximate surface area is 159 Å². The third-order valence-electron chi connectivity index (χ3n) is 5.32. The van der Waals surface area contributed by atoms with Gasteiger partial charge in [0.15, 0.2) is 0 Å². The Morgan fingerprint density at radius 3 is 1.52 bits per heavy atom. The maximum atomic E-state index is 2.54. The standard InChI is InChI=1S/C24H44P/c1-4-5-6-7-8-9-10-11-12-13-14-15-19-22-25(2,3)23-24-20-17-16-18-21-24/h16-18,20-21H,4-15,19,22-23H2,1-3H3/q+1. The van der Waals surface area contributed by atoms with E-state index in [1.165, 1.54) is 101 Å². The third-order valence-corrected chi connectivity index (χ3v) is 8.07. The number of benzene rings is 1.